The van der Waals surface area contributed by atoms with Crippen molar-refractivity contribution in [2.75, 3.05) is 25.7 Å². The van der Waals surface area contributed by atoms with E-state index in [2.05, 4.69) is 5.43 Å². The average Bonchev–Trinajstić information content (AvgIpc) is 2.99. The van der Waals surface area contributed by atoms with E-state index in [0.717, 1.165) is 16.4 Å². The Morgan fingerprint density at radius 1 is 1.52 bits per heavy atom. The van der Waals surface area contributed by atoms with Gasteiger partial charge in [0.1, 0.15) is 0 Å². The molecule has 1 aliphatic rings. The van der Waals surface area contributed by atoms with Crippen molar-refractivity contribution >= 4 is 21.4 Å². The molecule has 0 bridgehead atoms. The second-order valence-electron chi connectivity index (χ2n) is 4.62. The molecule has 1 saturated heterocycles. The third-order valence-corrected chi connectivity index (χ3v) is 5.34. The highest BCUT2D eigenvalue weighted by Gasteiger charge is 2.35. The quantitative estimate of drug-likeness (QED) is 0.454. The SMILES string of the molecule is CN(C1CCOC1)S(=O)(=O)c1cc(NN)ccc1[N+](=O)[O-]. The van der Waals surface area contributed by atoms with Crippen molar-refractivity contribution in [3.05, 3.63) is 28.3 Å². The van der Waals surface area contributed by atoms with Crippen LogP contribution >= 0.6 is 0 Å². The zero-order chi connectivity index (χ0) is 15.6. The number of benzene rings is 1. The van der Waals surface area contributed by atoms with Crippen molar-refractivity contribution in [2.45, 2.75) is 17.4 Å². The molecule has 0 aromatic heterocycles. The van der Waals surface area contributed by atoms with E-state index in [9.17, 15) is 18.5 Å². The summed E-state index contributed by atoms with van der Waals surface area (Å²) in [6.45, 7) is 0.745. The van der Waals surface area contributed by atoms with Crippen LogP contribution in [0.1, 0.15) is 6.42 Å². The molecular weight excluding hydrogens is 300 g/mol. The van der Waals surface area contributed by atoms with Gasteiger partial charge in [0.15, 0.2) is 4.90 Å². The predicted molar refractivity (Wildman–Crippen MR) is 75.1 cm³/mol. The number of nitro benzene ring substituents is 1. The van der Waals surface area contributed by atoms with Crippen LogP contribution in [-0.2, 0) is 14.8 Å². The van der Waals surface area contributed by atoms with E-state index in [1.807, 2.05) is 0 Å². The first-order valence-corrected chi connectivity index (χ1v) is 7.62. The van der Waals surface area contributed by atoms with E-state index in [-0.39, 0.29) is 18.3 Å². The molecule has 0 spiro atoms. The summed E-state index contributed by atoms with van der Waals surface area (Å²) in [5, 5.41) is 11.1. The number of likely N-dealkylation sites (N-methyl/N-ethyl adjacent to an activating group) is 1. The van der Waals surface area contributed by atoms with Gasteiger partial charge in [-0.15, -0.1) is 0 Å². The van der Waals surface area contributed by atoms with E-state index in [0.29, 0.717) is 13.0 Å². The van der Waals surface area contributed by atoms with Crippen molar-refractivity contribution in [1.29, 1.82) is 0 Å². The second kappa shape index (κ2) is 5.93. The molecule has 0 saturated carbocycles. The Labute approximate surface area is 121 Å². The van der Waals surface area contributed by atoms with Crippen LogP contribution in [-0.4, -0.2) is 43.9 Å². The molecule has 0 radical (unpaired) electrons. The lowest BCUT2D eigenvalue weighted by atomic mass is 10.3. The fraction of sp³-hybridized carbons (Fsp3) is 0.455. The molecule has 116 valence electrons. The minimum Gasteiger partial charge on any atom is -0.380 e. The Morgan fingerprint density at radius 3 is 2.76 bits per heavy atom. The van der Waals surface area contributed by atoms with Crippen LogP contribution in [0.3, 0.4) is 0 Å². The maximum atomic E-state index is 12.6. The van der Waals surface area contributed by atoms with Gasteiger partial charge in [0.05, 0.1) is 23.3 Å². The van der Waals surface area contributed by atoms with Crippen LogP contribution in [0.4, 0.5) is 11.4 Å². The molecule has 1 heterocycles. The summed E-state index contributed by atoms with van der Waals surface area (Å²) >= 11 is 0. The van der Waals surface area contributed by atoms with Gasteiger partial charge in [0.2, 0.25) is 10.0 Å². The van der Waals surface area contributed by atoms with Gasteiger partial charge >= 0.3 is 0 Å². The minimum atomic E-state index is -4.01. The summed E-state index contributed by atoms with van der Waals surface area (Å²) in [5.74, 6) is 5.24. The predicted octanol–water partition coefficient (Wildman–Crippen LogP) is 0.290. The fourth-order valence-electron chi connectivity index (χ4n) is 2.12. The van der Waals surface area contributed by atoms with Crippen molar-refractivity contribution in [2.24, 2.45) is 5.84 Å². The topological polar surface area (TPSA) is 128 Å². The number of sulfonamides is 1. The van der Waals surface area contributed by atoms with Gasteiger partial charge < -0.3 is 10.2 Å². The molecule has 10 heteroatoms. The molecule has 0 amide bonds. The molecule has 1 fully saturated rings. The highest BCUT2D eigenvalue weighted by atomic mass is 32.2. The number of nitrogens with one attached hydrogen (secondary N) is 1. The number of rotatable bonds is 5. The first-order chi connectivity index (χ1) is 9.87. The number of nitrogens with two attached hydrogens (primary N) is 1. The molecular formula is C11H16N4O5S. The van der Waals surface area contributed by atoms with E-state index in [1.165, 1.54) is 13.1 Å². The van der Waals surface area contributed by atoms with E-state index >= 15 is 0 Å². The Bertz CT molecular complexity index is 642. The van der Waals surface area contributed by atoms with Gasteiger partial charge in [-0.1, -0.05) is 0 Å². The number of hydrogen-bond donors (Lipinski definition) is 2. The minimum absolute atomic E-state index is 0.273. The normalized spacial score (nSPS) is 18.9. The lowest BCUT2D eigenvalue weighted by Gasteiger charge is -2.22. The highest BCUT2D eigenvalue weighted by molar-refractivity contribution is 7.89. The maximum Gasteiger partial charge on any atom is 0.289 e. The van der Waals surface area contributed by atoms with Crippen LogP contribution in [0, 0.1) is 10.1 Å². The molecule has 1 aliphatic heterocycles. The van der Waals surface area contributed by atoms with Crippen LogP contribution in [0.5, 0.6) is 0 Å². The van der Waals surface area contributed by atoms with E-state index < -0.39 is 25.5 Å². The molecule has 9 nitrogen and oxygen atoms in total. The second-order valence-corrected chi connectivity index (χ2v) is 6.59. The summed E-state index contributed by atoms with van der Waals surface area (Å²) in [4.78, 5) is 9.94. The van der Waals surface area contributed by atoms with Crippen molar-refractivity contribution < 1.29 is 18.1 Å². The van der Waals surface area contributed by atoms with Crippen LogP contribution < -0.4 is 11.3 Å². The van der Waals surface area contributed by atoms with Crippen LogP contribution in [0.15, 0.2) is 23.1 Å². The summed E-state index contributed by atoms with van der Waals surface area (Å²) in [6.07, 6.45) is 0.554. The number of anilines is 1. The van der Waals surface area contributed by atoms with Gasteiger partial charge in [-0.05, 0) is 18.6 Å². The number of hydrogen-bond acceptors (Lipinski definition) is 7. The zero-order valence-electron chi connectivity index (χ0n) is 11.4. The van der Waals surface area contributed by atoms with Gasteiger partial charge in [-0.3, -0.25) is 16.0 Å². The van der Waals surface area contributed by atoms with Crippen molar-refractivity contribution in [3.8, 4) is 0 Å². The summed E-state index contributed by atoms with van der Waals surface area (Å²) in [7, 11) is -2.62. The lowest BCUT2D eigenvalue weighted by Crippen LogP contribution is -2.37. The van der Waals surface area contributed by atoms with Crippen LogP contribution in [0.2, 0.25) is 0 Å². The Kier molecular flexibility index (Phi) is 4.42. The maximum absolute atomic E-state index is 12.6. The number of ether oxygens (including phenoxy) is 1. The van der Waals surface area contributed by atoms with Gasteiger partial charge in [0, 0.05) is 19.7 Å². The average molecular weight is 316 g/mol. The van der Waals surface area contributed by atoms with Gasteiger partial charge in [-0.2, -0.15) is 4.31 Å². The van der Waals surface area contributed by atoms with Crippen LogP contribution in [0.25, 0.3) is 0 Å². The van der Waals surface area contributed by atoms with E-state index in [4.69, 9.17) is 10.6 Å². The first kappa shape index (κ1) is 15.6. The largest absolute Gasteiger partial charge is 0.380 e. The third kappa shape index (κ3) is 2.97. The summed E-state index contributed by atoms with van der Waals surface area (Å²) < 4.78 is 31.5. The van der Waals surface area contributed by atoms with Crippen molar-refractivity contribution in [3.63, 3.8) is 0 Å². The number of hydrazine groups is 1. The molecule has 1 aromatic carbocycles. The first-order valence-electron chi connectivity index (χ1n) is 6.18. The summed E-state index contributed by atoms with van der Waals surface area (Å²) in [6, 6.07) is 3.28. The monoisotopic (exact) mass is 316 g/mol. The van der Waals surface area contributed by atoms with Crippen molar-refractivity contribution in [1.82, 2.24) is 4.31 Å². The van der Waals surface area contributed by atoms with Gasteiger partial charge in [-0.25, -0.2) is 8.42 Å². The Morgan fingerprint density at radius 2 is 2.24 bits per heavy atom. The number of nitrogens with zero attached hydrogens (tertiary/aromatic N) is 2. The summed E-state index contributed by atoms with van der Waals surface area (Å²) in [5.41, 5.74) is 2.07. The number of nitro groups is 1. The smallest absolute Gasteiger partial charge is 0.289 e. The number of nitrogen functional groups attached to an aromatic ring is 1. The molecule has 3 N–H and O–H groups in total. The van der Waals surface area contributed by atoms with Gasteiger partial charge in [0.25, 0.3) is 5.69 Å². The lowest BCUT2D eigenvalue weighted by molar-refractivity contribution is -0.387. The fourth-order valence-corrected chi connectivity index (χ4v) is 3.67. The Hall–Kier alpha value is -1.75. The third-order valence-electron chi connectivity index (χ3n) is 3.40. The highest BCUT2D eigenvalue weighted by Crippen LogP contribution is 2.30. The molecule has 1 atom stereocenters. The molecule has 0 aliphatic carbocycles. The molecule has 1 aromatic rings. The molecule has 21 heavy (non-hydrogen) atoms. The van der Waals surface area contributed by atoms with E-state index in [1.54, 1.807) is 0 Å². The Balaban J connectivity index is 2.49. The standard InChI is InChI=1S/C11H16N4O5S/c1-14(9-4-5-20-7-9)21(18,19)11-6-8(13-12)2-3-10(11)15(16)17/h2-3,6,9,13H,4-5,7,12H2,1H3. The molecule has 1 unspecified atom stereocenters. The molecule has 2 rings (SSSR count). The zero-order valence-corrected chi connectivity index (χ0v) is 12.2.